The smallest absolute Gasteiger partial charge is 0.382 e. The Morgan fingerprint density at radius 3 is 2.67 bits per heavy atom. The van der Waals surface area contributed by atoms with E-state index < -0.39 is 23.9 Å². The molecule has 0 aliphatic rings. The molecule has 1 unspecified atom stereocenters. The molecule has 0 aliphatic heterocycles. The lowest BCUT2D eigenvalue weighted by Gasteiger charge is -2.16. The molecule has 0 spiro atoms. The van der Waals surface area contributed by atoms with E-state index in [1.807, 2.05) is 42.5 Å². The van der Waals surface area contributed by atoms with Gasteiger partial charge in [0.1, 0.15) is 16.7 Å². The molecule has 0 saturated heterocycles. The zero-order valence-corrected chi connectivity index (χ0v) is 24.4. The van der Waals surface area contributed by atoms with Crippen LogP contribution in [-0.2, 0) is 17.4 Å². The van der Waals surface area contributed by atoms with Crippen molar-refractivity contribution in [1.29, 1.82) is 0 Å². The van der Waals surface area contributed by atoms with Gasteiger partial charge in [0.15, 0.2) is 5.82 Å². The Morgan fingerprint density at radius 1 is 1.09 bits per heavy atom. The minimum absolute atomic E-state index is 0.0277. The largest absolute Gasteiger partial charge is 0.453 e. The summed E-state index contributed by atoms with van der Waals surface area (Å²) >= 11 is 12.7. The van der Waals surface area contributed by atoms with Crippen molar-refractivity contribution in [2.45, 2.75) is 18.6 Å². The summed E-state index contributed by atoms with van der Waals surface area (Å²) in [7, 11) is 0. The van der Waals surface area contributed by atoms with Crippen molar-refractivity contribution < 1.29 is 18.0 Å². The van der Waals surface area contributed by atoms with Gasteiger partial charge in [0, 0.05) is 27.6 Å². The molecule has 0 fully saturated rings. The topological polar surface area (TPSA) is 156 Å². The van der Waals surface area contributed by atoms with Gasteiger partial charge in [-0.2, -0.15) is 23.0 Å². The highest BCUT2D eigenvalue weighted by molar-refractivity contribution is 6.32. The van der Waals surface area contributed by atoms with E-state index in [4.69, 9.17) is 33.9 Å². The number of halogens is 5. The normalized spacial score (nSPS) is 12.6. The minimum Gasteiger partial charge on any atom is -0.382 e. The van der Waals surface area contributed by atoms with Crippen molar-refractivity contribution >= 4 is 51.9 Å². The molecule has 228 valence electrons. The van der Waals surface area contributed by atoms with Gasteiger partial charge in [-0.1, -0.05) is 59.6 Å². The lowest BCUT2D eigenvalue weighted by atomic mass is 10.1. The molecule has 45 heavy (non-hydrogen) atoms. The molecule has 3 aromatic carbocycles. The number of fused-ring (bicyclic) bond motifs is 1. The van der Waals surface area contributed by atoms with Crippen LogP contribution < -0.4 is 11.1 Å². The monoisotopic (exact) mass is 652 g/mol. The van der Waals surface area contributed by atoms with E-state index in [0.29, 0.717) is 39.5 Å². The first-order chi connectivity index (χ1) is 21.6. The molecular formula is C29H21Cl2F3N10O. The van der Waals surface area contributed by atoms with E-state index in [1.54, 1.807) is 6.07 Å². The molecule has 3 heterocycles. The molecule has 0 saturated carbocycles. The molecule has 16 heteroatoms. The van der Waals surface area contributed by atoms with E-state index in [0.717, 1.165) is 10.9 Å². The molecule has 6 rings (SSSR count). The summed E-state index contributed by atoms with van der Waals surface area (Å²) in [5.74, 6) is -1.13. The van der Waals surface area contributed by atoms with E-state index in [9.17, 15) is 18.0 Å². The number of anilines is 1. The van der Waals surface area contributed by atoms with Crippen molar-refractivity contribution in [3.05, 3.63) is 106 Å². The summed E-state index contributed by atoms with van der Waals surface area (Å²) < 4.78 is 41.0. The van der Waals surface area contributed by atoms with Crippen molar-refractivity contribution in [1.82, 2.24) is 45.7 Å². The number of nitrogen functional groups attached to an aromatic ring is 1. The van der Waals surface area contributed by atoms with Crippen LogP contribution in [0.4, 0.5) is 19.0 Å². The van der Waals surface area contributed by atoms with Gasteiger partial charge in [0.05, 0.1) is 17.2 Å². The number of aromatic nitrogens is 8. The summed E-state index contributed by atoms with van der Waals surface area (Å²) in [5, 5.41) is 20.8. The molecule has 3 aromatic heterocycles. The number of rotatable bonds is 8. The van der Waals surface area contributed by atoms with Gasteiger partial charge in [-0.15, -0.1) is 5.10 Å². The fraction of sp³-hybridized carbons (Fsp3) is 0.103. The molecule has 6 aromatic rings. The zero-order chi connectivity index (χ0) is 31.7. The van der Waals surface area contributed by atoms with Gasteiger partial charge in [-0.25, -0.2) is 4.98 Å². The standard InChI is InChI=1S/C29H21Cl2F3N10O/c30-18-8-10-22(44-28(29(32,33)34)41-42-43-44)16(13-18)7-11-23(45)36-21(12-15-4-2-1-3-5-15)27-37-24(25(31)38-27)17-6-9-19-20(14-17)39-40-26(19)35/h1-11,13-14,21H,12H2,(H,36,45)(H,37,38)(H3,35,39,40)/b11-7+. The number of tetrazole rings is 1. The number of nitrogens with zero attached hydrogens (tertiary/aromatic N) is 6. The first-order valence-electron chi connectivity index (χ1n) is 13.2. The number of hydrogen-bond donors (Lipinski definition) is 4. The number of nitrogens with one attached hydrogen (secondary N) is 3. The maximum atomic E-state index is 13.5. The molecule has 0 aliphatic carbocycles. The predicted molar refractivity (Wildman–Crippen MR) is 162 cm³/mol. The summed E-state index contributed by atoms with van der Waals surface area (Å²) in [6, 6.07) is 18.3. The van der Waals surface area contributed by atoms with Gasteiger partial charge in [-0.3, -0.25) is 9.89 Å². The average Bonchev–Trinajstić information content (AvgIpc) is 3.75. The molecule has 0 bridgehead atoms. The van der Waals surface area contributed by atoms with Crippen molar-refractivity contribution in [2.75, 3.05) is 5.73 Å². The zero-order valence-electron chi connectivity index (χ0n) is 22.8. The number of benzene rings is 3. The maximum Gasteiger partial charge on any atom is 0.453 e. The molecular weight excluding hydrogens is 632 g/mol. The number of alkyl halides is 3. The van der Waals surface area contributed by atoms with Gasteiger partial charge >= 0.3 is 6.18 Å². The summed E-state index contributed by atoms with van der Waals surface area (Å²) in [5.41, 5.74) is 8.79. The van der Waals surface area contributed by atoms with Crippen LogP contribution in [0.1, 0.15) is 28.8 Å². The number of amides is 1. The SMILES string of the molecule is Nc1n[nH]c2cc(-c3nc(C(Cc4ccccc4)NC(=O)/C=C/c4cc(Cl)ccc4-n4nnnc4C(F)(F)F)[nH]c3Cl)ccc12. The van der Waals surface area contributed by atoms with Crippen LogP contribution in [0.5, 0.6) is 0 Å². The third-order valence-corrected chi connectivity index (χ3v) is 7.34. The molecule has 11 nitrogen and oxygen atoms in total. The van der Waals surface area contributed by atoms with Crippen molar-refractivity contribution in [2.24, 2.45) is 0 Å². The van der Waals surface area contributed by atoms with Crippen LogP contribution in [0, 0.1) is 0 Å². The third kappa shape index (κ3) is 6.37. The first-order valence-corrected chi connectivity index (χ1v) is 14.0. The number of carbonyl (C=O) groups excluding carboxylic acids is 1. The molecule has 5 N–H and O–H groups in total. The van der Waals surface area contributed by atoms with Crippen LogP contribution in [0.15, 0.2) is 72.8 Å². The number of nitrogens with two attached hydrogens (primary N) is 1. The second kappa shape index (κ2) is 12.1. The van der Waals surface area contributed by atoms with E-state index in [1.165, 1.54) is 30.4 Å². The van der Waals surface area contributed by atoms with Gasteiger partial charge in [0.2, 0.25) is 5.91 Å². The second-order valence-electron chi connectivity index (χ2n) is 9.85. The molecule has 1 amide bonds. The van der Waals surface area contributed by atoms with Crippen LogP contribution >= 0.6 is 23.2 Å². The molecule has 0 radical (unpaired) electrons. The Morgan fingerprint density at radius 2 is 1.89 bits per heavy atom. The van der Waals surface area contributed by atoms with Crippen LogP contribution in [0.25, 0.3) is 33.9 Å². The number of carbonyl (C=O) groups is 1. The Balaban J connectivity index is 1.30. The Hall–Kier alpha value is -5.21. The highest BCUT2D eigenvalue weighted by Crippen LogP contribution is 2.32. The average molecular weight is 653 g/mol. The van der Waals surface area contributed by atoms with Crippen LogP contribution in [0.3, 0.4) is 0 Å². The fourth-order valence-corrected chi connectivity index (χ4v) is 5.17. The highest BCUT2D eigenvalue weighted by atomic mass is 35.5. The van der Waals surface area contributed by atoms with Gasteiger partial charge < -0.3 is 16.0 Å². The van der Waals surface area contributed by atoms with Gasteiger partial charge in [0.25, 0.3) is 5.82 Å². The Kier molecular flexibility index (Phi) is 7.99. The fourth-order valence-electron chi connectivity index (χ4n) is 4.74. The number of hydrogen-bond acceptors (Lipinski definition) is 7. The van der Waals surface area contributed by atoms with Crippen LogP contribution in [0.2, 0.25) is 10.2 Å². The number of H-pyrrole nitrogens is 2. The van der Waals surface area contributed by atoms with Crippen LogP contribution in [-0.4, -0.2) is 46.3 Å². The minimum atomic E-state index is -4.81. The third-order valence-electron chi connectivity index (χ3n) is 6.83. The lowest BCUT2D eigenvalue weighted by Crippen LogP contribution is -2.29. The second-order valence-corrected chi connectivity index (χ2v) is 10.7. The highest BCUT2D eigenvalue weighted by Gasteiger charge is 2.38. The maximum absolute atomic E-state index is 13.5. The first kappa shape index (κ1) is 29.8. The summed E-state index contributed by atoms with van der Waals surface area (Å²) in [4.78, 5) is 21.0. The van der Waals surface area contributed by atoms with E-state index in [-0.39, 0.29) is 21.4 Å². The quantitative estimate of drug-likeness (QED) is 0.148. The summed E-state index contributed by atoms with van der Waals surface area (Å²) in [6.07, 6.45) is -1.97. The summed E-state index contributed by atoms with van der Waals surface area (Å²) in [6.45, 7) is 0. The van der Waals surface area contributed by atoms with Crippen molar-refractivity contribution in [3.8, 4) is 16.9 Å². The van der Waals surface area contributed by atoms with Crippen molar-refractivity contribution in [3.63, 3.8) is 0 Å². The van der Waals surface area contributed by atoms with Gasteiger partial charge in [-0.05, 0) is 58.8 Å². The number of aromatic amines is 2. The Labute approximate surface area is 262 Å². The van der Waals surface area contributed by atoms with E-state index >= 15 is 0 Å². The van der Waals surface area contributed by atoms with E-state index in [2.05, 4.69) is 36.0 Å². The Bertz CT molecular complexity index is 2040. The predicted octanol–water partition coefficient (Wildman–Crippen LogP) is 5.95. The lowest BCUT2D eigenvalue weighted by molar-refractivity contribution is -0.146. The number of imidazole rings is 1. The molecule has 1 atom stereocenters.